The van der Waals surface area contributed by atoms with E-state index < -0.39 is 0 Å². The maximum absolute atomic E-state index is 13.0. The van der Waals surface area contributed by atoms with Crippen molar-refractivity contribution in [3.05, 3.63) is 41.9 Å². The van der Waals surface area contributed by atoms with Gasteiger partial charge in [-0.1, -0.05) is 18.9 Å². The van der Waals surface area contributed by atoms with E-state index in [9.17, 15) is 9.59 Å². The van der Waals surface area contributed by atoms with E-state index in [1.165, 1.54) is 6.42 Å². The minimum Gasteiger partial charge on any atom is -0.343 e. The van der Waals surface area contributed by atoms with Crippen LogP contribution in [-0.2, 0) is 4.79 Å². The van der Waals surface area contributed by atoms with Crippen LogP contribution in [0, 0.1) is 0 Å². The molecule has 1 saturated carbocycles. The standard InChI is InChI=1S/C28H35N7O2/c1-33(2)27(37)23-12-18-16-30-28(32-26(18)35(23)19-6-4-5-7-19)31-25-11-8-17(15-29-25)22-13-20-9-10-21(34(20)3)14-24(22)36/h8,11-12,15-16,19-22H,4-7,9-10,13-14H2,1-3H3,(H,29,30,31,32)/t20-,21+,22?/m1/s1. The average molecular weight is 502 g/mol. The molecule has 1 unspecified atom stereocenters. The number of aromatic nitrogens is 4. The Balaban J connectivity index is 1.25. The van der Waals surface area contributed by atoms with Gasteiger partial charge in [0.05, 0.1) is 0 Å². The molecule has 6 rings (SSSR count). The van der Waals surface area contributed by atoms with Gasteiger partial charge in [0.25, 0.3) is 5.91 Å². The Hall–Kier alpha value is -3.33. The van der Waals surface area contributed by atoms with Crippen LogP contribution in [0.3, 0.4) is 0 Å². The zero-order chi connectivity index (χ0) is 25.7. The monoisotopic (exact) mass is 501 g/mol. The molecule has 3 aliphatic rings. The van der Waals surface area contributed by atoms with Gasteiger partial charge in [0.15, 0.2) is 0 Å². The highest BCUT2D eigenvalue weighted by Crippen LogP contribution is 2.38. The molecule has 9 nitrogen and oxygen atoms in total. The van der Waals surface area contributed by atoms with Crippen LogP contribution >= 0.6 is 0 Å². The van der Waals surface area contributed by atoms with Crippen LogP contribution in [-0.4, -0.2) is 74.2 Å². The number of nitrogens with one attached hydrogen (secondary N) is 1. The highest BCUT2D eigenvalue weighted by atomic mass is 16.2. The zero-order valence-electron chi connectivity index (χ0n) is 21.9. The van der Waals surface area contributed by atoms with E-state index in [1.54, 1.807) is 25.2 Å². The molecule has 0 spiro atoms. The van der Waals surface area contributed by atoms with Crippen molar-refractivity contribution in [2.75, 3.05) is 26.5 Å². The van der Waals surface area contributed by atoms with Crippen molar-refractivity contribution in [1.29, 1.82) is 0 Å². The predicted molar refractivity (Wildman–Crippen MR) is 142 cm³/mol. The summed E-state index contributed by atoms with van der Waals surface area (Å²) in [7, 11) is 5.71. The van der Waals surface area contributed by atoms with Gasteiger partial charge in [0.2, 0.25) is 5.95 Å². The molecule has 3 atom stereocenters. The molecule has 0 radical (unpaired) electrons. The number of pyridine rings is 1. The van der Waals surface area contributed by atoms with Crippen molar-refractivity contribution in [1.82, 2.24) is 29.3 Å². The van der Waals surface area contributed by atoms with Crippen LogP contribution in [0.5, 0.6) is 0 Å². The summed E-state index contributed by atoms with van der Waals surface area (Å²) >= 11 is 0. The average Bonchev–Trinajstić information content (AvgIpc) is 3.60. The van der Waals surface area contributed by atoms with Crippen LogP contribution in [0.15, 0.2) is 30.6 Å². The summed E-state index contributed by atoms with van der Waals surface area (Å²) in [6.07, 6.45) is 11.8. The maximum Gasteiger partial charge on any atom is 0.270 e. The van der Waals surface area contributed by atoms with E-state index in [0.717, 1.165) is 55.1 Å². The minimum absolute atomic E-state index is 0.0239. The van der Waals surface area contributed by atoms with Crippen molar-refractivity contribution >= 4 is 34.5 Å². The first-order valence-corrected chi connectivity index (χ1v) is 13.5. The Kier molecular flexibility index (Phi) is 6.18. The Morgan fingerprint density at radius 2 is 1.81 bits per heavy atom. The van der Waals surface area contributed by atoms with Gasteiger partial charge < -0.3 is 14.8 Å². The Morgan fingerprint density at radius 3 is 2.54 bits per heavy atom. The summed E-state index contributed by atoms with van der Waals surface area (Å²) in [6.45, 7) is 0. The summed E-state index contributed by atoms with van der Waals surface area (Å²) < 4.78 is 2.11. The normalized spacial score (nSPS) is 24.5. The third-order valence-electron chi connectivity index (χ3n) is 8.64. The van der Waals surface area contributed by atoms with Crippen LogP contribution in [0.1, 0.15) is 79.4 Å². The van der Waals surface area contributed by atoms with Gasteiger partial charge in [-0.25, -0.2) is 9.97 Å². The Morgan fingerprint density at radius 1 is 1.03 bits per heavy atom. The van der Waals surface area contributed by atoms with Crippen molar-refractivity contribution < 1.29 is 9.59 Å². The number of carbonyl (C=O) groups excluding carboxylic acids is 2. The molecule has 0 aromatic carbocycles. The number of hydrogen-bond donors (Lipinski definition) is 1. The first-order chi connectivity index (χ1) is 17.9. The van der Waals surface area contributed by atoms with Crippen molar-refractivity contribution in [3.8, 4) is 0 Å². The molecule has 1 N–H and O–H groups in total. The second-order valence-electron chi connectivity index (χ2n) is 11.1. The van der Waals surface area contributed by atoms with E-state index in [2.05, 4.69) is 31.8 Å². The lowest BCUT2D eigenvalue weighted by Gasteiger charge is -2.22. The number of amides is 1. The number of fused-ring (bicyclic) bond motifs is 3. The van der Waals surface area contributed by atoms with Crippen LogP contribution in [0.4, 0.5) is 11.8 Å². The summed E-state index contributed by atoms with van der Waals surface area (Å²) in [5.74, 6) is 1.29. The summed E-state index contributed by atoms with van der Waals surface area (Å²) in [5.41, 5.74) is 2.41. The maximum atomic E-state index is 13.0. The van der Waals surface area contributed by atoms with E-state index in [0.29, 0.717) is 41.7 Å². The molecule has 9 heteroatoms. The Labute approximate surface area is 217 Å². The molecule has 1 aliphatic carbocycles. The molecule has 5 heterocycles. The molecule has 3 aromatic heterocycles. The molecule has 2 aliphatic heterocycles. The molecule has 37 heavy (non-hydrogen) atoms. The Bertz CT molecular complexity index is 1330. The molecular formula is C28H35N7O2. The van der Waals surface area contributed by atoms with Gasteiger partial charge >= 0.3 is 0 Å². The second kappa shape index (κ2) is 9.52. The third kappa shape index (κ3) is 4.39. The first kappa shape index (κ1) is 24.0. The summed E-state index contributed by atoms with van der Waals surface area (Å²) in [4.78, 5) is 43.8. The molecule has 3 aromatic rings. The van der Waals surface area contributed by atoms with Gasteiger partial charge in [0, 0.05) is 62.3 Å². The van der Waals surface area contributed by atoms with Crippen molar-refractivity contribution in [3.63, 3.8) is 0 Å². The topological polar surface area (TPSA) is 96.2 Å². The molecule has 1 amide bonds. The van der Waals surface area contributed by atoms with Crippen LogP contribution in [0.25, 0.3) is 11.0 Å². The van der Waals surface area contributed by atoms with Gasteiger partial charge in [-0.05, 0) is 56.8 Å². The highest BCUT2D eigenvalue weighted by molar-refractivity contribution is 5.98. The number of nitrogens with zero attached hydrogens (tertiary/aromatic N) is 6. The fourth-order valence-electron chi connectivity index (χ4n) is 6.51. The molecule has 194 valence electrons. The SMILES string of the molecule is CN(C)C(=O)c1cc2cnc(Nc3ccc(C4C[C@H]5CC[C@@H](CC4=O)N5C)cn3)nc2n1C1CCCC1. The van der Waals surface area contributed by atoms with Crippen LogP contribution < -0.4 is 5.32 Å². The lowest BCUT2D eigenvalue weighted by molar-refractivity contribution is -0.120. The molecule has 2 saturated heterocycles. The number of rotatable bonds is 5. The van der Waals surface area contributed by atoms with E-state index >= 15 is 0 Å². The predicted octanol–water partition coefficient (Wildman–Crippen LogP) is 4.30. The summed E-state index contributed by atoms with van der Waals surface area (Å²) in [6, 6.07) is 6.94. The third-order valence-corrected chi connectivity index (χ3v) is 8.64. The fourth-order valence-corrected chi connectivity index (χ4v) is 6.51. The number of hydrogen-bond acceptors (Lipinski definition) is 7. The lowest BCUT2D eigenvalue weighted by Crippen LogP contribution is -2.30. The molecular weight excluding hydrogens is 466 g/mol. The second-order valence-corrected chi connectivity index (χ2v) is 11.1. The van der Waals surface area contributed by atoms with Gasteiger partial charge in [-0.15, -0.1) is 0 Å². The number of anilines is 2. The smallest absolute Gasteiger partial charge is 0.270 e. The van der Waals surface area contributed by atoms with Crippen molar-refractivity contribution in [2.45, 2.75) is 75.4 Å². The first-order valence-electron chi connectivity index (χ1n) is 13.5. The van der Waals surface area contributed by atoms with E-state index in [1.807, 2.05) is 24.4 Å². The van der Waals surface area contributed by atoms with E-state index in [-0.39, 0.29) is 17.9 Å². The van der Waals surface area contributed by atoms with Gasteiger partial charge in [-0.3, -0.25) is 14.5 Å². The minimum atomic E-state index is -0.0887. The fraction of sp³-hybridized carbons (Fsp3) is 0.536. The quantitative estimate of drug-likeness (QED) is 0.557. The highest BCUT2D eigenvalue weighted by Gasteiger charge is 2.40. The van der Waals surface area contributed by atoms with E-state index in [4.69, 9.17) is 4.98 Å². The lowest BCUT2D eigenvalue weighted by atomic mass is 9.85. The van der Waals surface area contributed by atoms with Gasteiger partial charge in [0.1, 0.15) is 22.9 Å². The largest absolute Gasteiger partial charge is 0.343 e. The van der Waals surface area contributed by atoms with Gasteiger partial charge in [-0.2, -0.15) is 4.98 Å². The number of ketones is 1. The number of carbonyl (C=O) groups is 2. The van der Waals surface area contributed by atoms with Crippen LogP contribution in [0.2, 0.25) is 0 Å². The van der Waals surface area contributed by atoms with Crippen molar-refractivity contribution in [2.24, 2.45) is 0 Å². The number of Topliss-reactive ketones (excluding diaryl/α,β-unsaturated/α-hetero) is 1. The summed E-state index contributed by atoms with van der Waals surface area (Å²) in [5, 5.41) is 4.09. The zero-order valence-corrected chi connectivity index (χ0v) is 21.9. The molecule has 2 bridgehead atoms. The molecule has 3 fully saturated rings.